The Balaban J connectivity index is 2.14. The zero-order chi connectivity index (χ0) is 10.5. The van der Waals surface area contributed by atoms with Gasteiger partial charge in [0.05, 0.1) is 0 Å². The van der Waals surface area contributed by atoms with Gasteiger partial charge in [0.15, 0.2) is 5.82 Å². The fourth-order valence-electron chi connectivity index (χ4n) is 1.35. The molecule has 0 N–H and O–H groups in total. The van der Waals surface area contributed by atoms with Crippen molar-refractivity contribution in [3.63, 3.8) is 0 Å². The van der Waals surface area contributed by atoms with Crippen molar-refractivity contribution in [2.45, 2.75) is 26.3 Å². The topological polar surface area (TPSA) is 43.6 Å². The van der Waals surface area contributed by atoms with Gasteiger partial charge in [0.2, 0.25) is 0 Å². The summed E-state index contributed by atoms with van der Waals surface area (Å²) < 4.78 is 1.88. The van der Waals surface area contributed by atoms with Gasteiger partial charge in [-0.1, -0.05) is 13.3 Å². The highest BCUT2D eigenvalue weighted by molar-refractivity contribution is 5.51. The van der Waals surface area contributed by atoms with Crippen LogP contribution in [0.15, 0.2) is 30.9 Å². The Morgan fingerprint density at radius 3 is 3.07 bits per heavy atom. The lowest BCUT2D eigenvalue weighted by Gasteiger charge is -1.96. The molecule has 0 atom stereocenters. The lowest BCUT2D eigenvalue weighted by Crippen LogP contribution is -1.97. The highest BCUT2D eigenvalue weighted by Gasteiger charge is 2.02. The number of nitrogens with zero attached hydrogens (tertiary/aromatic N) is 4. The van der Waals surface area contributed by atoms with Gasteiger partial charge in [0.25, 0.3) is 0 Å². The first-order valence-electron chi connectivity index (χ1n) is 5.20. The maximum atomic E-state index is 4.38. The smallest absolute Gasteiger partial charge is 0.182 e. The number of aryl methyl sites for hydroxylation is 1. The lowest BCUT2D eigenvalue weighted by atomic mass is 10.3. The van der Waals surface area contributed by atoms with Crippen LogP contribution in [0.4, 0.5) is 0 Å². The van der Waals surface area contributed by atoms with Crippen LogP contribution in [0.25, 0.3) is 11.4 Å². The third kappa shape index (κ3) is 2.40. The molecule has 15 heavy (non-hydrogen) atoms. The van der Waals surface area contributed by atoms with Crippen molar-refractivity contribution in [3.8, 4) is 11.4 Å². The van der Waals surface area contributed by atoms with Crippen molar-refractivity contribution in [2.24, 2.45) is 0 Å². The molecule has 0 fully saturated rings. The minimum Gasteiger partial charge on any atom is -0.264 e. The molecule has 0 aliphatic carbocycles. The van der Waals surface area contributed by atoms with Gasteiger partial charge in [0.1, 0.15) is 6.33 Å². The normalized spacial score (nSPS) is 10.5. The van der Waals surface area contributed by atoms with E-state index in [1.54, 1.807) is 18.7 Å². The number of rotatable bonds is 4. The summed E-state index contributed by atoms with van der Waals surface area (Å²) in [6, 6.07) is 3.86. The van der Waals surface area contributed by atoms with Gasteiger partial charge >= 0.3 is 0 Å². The van der Waals surface area contributed by atoms with Crippen LogP contribution >= 0.6 is 0 Å². The van der Waals surface area contributed by atoms with Crippen LogP contribution in [0, 0.1) is 0 Å². The maximum Gasteiger partial charge on any atom is 0.182 e. The van der Waals surface area contributed by atoms with E-state index in [0.717, 1.165) is 24.4 Å². The molecule has 0 radical (unpaired) electrons. The number of hydrogen-bond acceptors (Lipinski definition) is 3. The summed E-state index contributed by atoms with van der Waals surface area (Å²) in [6.45, 7) is 3.10. The minimum absolute atomic E-state index is 0.749. The Morgan fingerprint density at radius 2 is 2.33 bits per heavy atom. The molecule has 0 spiro atoms. The molecule has 4 nitrogen and oxygen atoms in total. The lowest BCUT2D eigenvalue weighted by molar-refractivity contribution is 0.571. The number of unbranched alkanes of at least 4 members (excludes halogenated alkanes) is 1. The molecule has 0 aliphatic rings. The van der Waals surface area contributed by atoms with Gasteiger partial charge in [-0.2, -0.15) is 5.10 Å². The fourth-order valence-corrected chi connectivity index (χ4v) is 1.35. The van der Waals surface area contributed by atoms with E-state index in [4.69, 9.17) is 0 Å². The average Bonchev–Trinajstić information content (AvgIpc) is 2.76. The predicted octanol–water partition coefficient (Wildman–Crippen LogP) is 2.14. The molecule has 0 amide bonds. The van der Waals surface area contributed by atoms with Crippen molar-refractivity contribution in [2.75, 3.05) is 0 Å². The number of pyridine rings is 1. The molecule has 2 aromatic rings. The van der Waals surface area contributed by atoms with E-state index in [1.807, 2.05) is 16.8 Å². The van der Waals surface area contributed by atoms with Gasteiger partial charge < -0.3 is 0 Å². The number of aromatic nitrogens is 4. The first-order valence-corrected chi connectivity index (χ1v) is 5.20. The second kappa shape index (κ2) is 4.68. The van der Waals surface area contributed by atoms with Crippen LogP contribution in [-0.2, 0) is 6.54 Å². The van der Waals surface area contributed by atoms with E-state index < -0.39 is 0 Å². The first-order chi connectivity index (χ1) is 7.40. The predicted molar refractivity (Wildman–Crippen MR) is 58.2 cm³/mol. The summed E-state index contributed by atoms with van der Waals surface area (Å²) in [5.41, 5.74) is 0.966. The van der Waals surface area contributed by atoms with Gasteiger partial charge in [-0.25, -0.2) is 4.98 Å². The monoisotopic (exact) mass is 202 g/mol. The molecular weight excluding hydrogens is 188 g/mol. The van der Waals surface area contributed by atoms with Crippen molar-refractivity contribution >= 4 is 0 Å². The Bertz CT molecular complexity index is 408. The molecule has 2 rings (SSSR count). The molecule has 0 saturated carbocycles. The molecule has 0 unspecified atom stereocenters. The highest BCUT2D eigenvalue weighted by atomic mass is 15.3. The van der Waals surface area contributed by atoms with E-state index in [9.17, 15) is 0 Å². The average molecular weight is 202 g/mol. The fraction of sp³-hybridized carbons (Fsp3) is 0.364. The summed E-state index contributed by atoms with van der Waals surface area (Å²) in [4.78, 5) is 8.29. The molecule has 0 aliphatic heterocycles. The highest BCUT2D eigenvalue weighted by Crippen LogP contribution is 2.11. The van der Waals surface area contributed by atoms with Crippen molar-refractivity contribution in [3.05, 3.63) is 30.9 Å². The van der Waals surface area contributed by atoms with Gasteiger partial charge in [-0.15, -0.1) is 0 Å². The third-order valence-electron chi connectivity index (χ3n) is 2.20. The second-order valence-corrected chi connectivity index (χ2v) is 3.43. The van der Waals surface area contributed by atoms with Crippen LogP contribution in [-0.4, -0.2) is 19.7 Å². The zero-order valence-corrected chi connectivity index (χ0v) is 8.80. The van der Waals surface area contributed by atoms with Gasteiger partial charge in [-0.05, 0) is 18.6 Å². The summed E-state index contributed by atoms with van der Waals surface area (Å²) in [6.07, 6.45) is 7.60. The van der Waals surface area contributed by atoms with Crippen LogP contribution in [0.5, 0.6) is 0 Å². The van der Waals surface area contributed by atoms with Crippen LogP contribution in [0.3, 0.4) is 0 Å². The van der Waals surface area contributed by atoms with E-state index in [1.165, 1.54) is 6.42 Å². The Morgan fingerprint density at radius 1 is 1.40 bits per heavy atom. The molecule has 2 aromatic heterocycles. The molecule has 2 heterocycles. The summed E-state index contributed by atoms with van der Waals surface area (Å²) in [5, 5.41) is 4.38. The van der Waals surface area contributed by atoms with Gasteiger partial charge in [-0.3, -0.25) is 9.67 Å². The molecule has 0 aromatic carbocycles. The van der Waals surface area contributed by atoms with Crippen molar-refractivity contribution in [1.29, 1.82) is 0 Å². The van der Waals surface area contributed by atoms with Gasteiger partial charge in [0, 0.05) is 24.5 Å². The molecular formula is C11H14N4. The van der Waals surface area contributed by atoms with E-state index in [-0.39, 0.29) is 0 Å². The standard InChI is InChI=1S/C11H14N4/c1-2-3-7-15-9-13-11(14-15)10-5-4-6-12-8-10/h4-6,8-9H,2-3,7H2,1H3. The Kier molecular flexibility index (Phi) is 3.07. The minimum atomic E-state index is 0.749. The van der Waals surface area contributed by atoms with Crippen molar-refractivity contribution < 1.29 is 0 Å². The molecule has 0 saturated heterocycles. The van der Waals surface area contributed by atoms with Crippen LogP contribution < -0.4 is 0 Å². The third-order valence-corrected chi connectivity index (χ3v) is 2.20. The first kappa shape index (κ1) is 9.83. The van der Waals surface area contributed by atoms with E-state index in [0.29, 0.717) is 0 Å². The second-order valence-electron chi connectivity index (χ2n) is 3.43. The Hall–Kier alpha value is -1.71. The number of hydrogen-bond donors (Lipinski definition) is 0. The molecule has 4 heteroatoms. The van der Waals surface area contributed by atoms with E-state index >= 15 is 0 Å². The zero-order valence-electron chi connectivity index (χ0n) is 8.80. The van der Waals surface area contributed by atoms with E-state index in [2.05, 4.69) is 22.0 Å². The maximum absolute atomic E-state index is 4.38. The summed E-state index contributed by atoms with van der Waals surface area (Å²) >= 11 is 0. The summed E-state index contributed by atoms with van der Waals surface area (Å²) in [5.74, 6) is 0.749. The SMILES string of the molecule is CCCCn1cnc(-c2cccnc2)n1. The van der Waals surface area contributed by atoms with Crippen molar-refractivity contribution in [1.82, 2.24) is 19.7 Å². The molecule has 78 valence electrons. The quantitative estimate of drug-likeness (QED) is 0.763. The van der Waals surface area contributed by atoms with Crippen LogP contribution in [0.1, 0.15) is 19.8 Å². The Labute approximate surface area is 89.0 Å². The largest absolute Gasteiger partial charge is 0.264 e. The summed E-state index contributed by atoms with van der Waals surface area (Å²) in [7, 11) is 0. The molecule has 0 bridgehead atoms. The van der Waals surface area contributed by atoms with Crippen LogP contribution in [0.2, 0.25) is 0 Å².